The van der Waals surface area contributed by atoms with Crippen molar-refractivity contribution in [1.29, 1.82) is 0 Å². The minimum atomic E-state index is -2.23. The van der Waals surface area contributed by atoms with E-state index in [4.69, 9.17) is 27.8 Å². The first-order valence-electron chi connectivity index (χ1n) is 8.88. The standard InChI is InChI=1S/C17H34O6P2/c1-12-8-14(22-24(4)5)17(21-12)11-19-25(6,7)23-15-9-13(2)20-16(15)10-18-3/h12-17H,6,8-11H2,1-5,7H3/t12-,13-,14?,15?,16+,17+,25?/m0/s1. The molecule has 2 heterocycles. The second-order valence-corrected chi connectivity index (χ2v) is 11.6. The van der Waals surface area contributed by atoms with E-state index in [-0.39, 0.29) is 36.6 Å². The van der Waals surface area contributed by atoms with Gasteiger partial charge in [-0.25, -0.2) is 0 Å². The lowest BCUT2D eigenvalue weighted by molar-refractivity contribution is -0.0277. The van der Waals surface area contributed by atoms with Crippen LogP contribution in [0.5, 0.6) is 0 Å². The maximum Gasteiger partial charge on any atom is 0.115 e. The number of hydrogen-bond acceptors (Lipinski definition) is 6. The average molecular weight is 396 g/mol. The SMILES string of the molecule is C=P(C)(OC[C@H]1O[C@@H](C)CC1OP(C)C)OC1C[C@H](C)O[C@@H]1COC. The predicted molar refractivity (Wildman–Crippen MR) is 104 cm³/mol. The molecular weight excluding hydrogens is 362 g/mol. The molecule has 0 saturated carbocycles. The van der Waals surface area contributed by atoms with E-state index in [1.165, 1.54) is 0 Å². The van der Waals surface area contributed by atoms with Crippen molar-refractivity contribution in [2.24, 2.45) is 0 Å². The highest BCUT2D eigenvalue weighted by molar-refractivity contribution is 7.63. The number of ether oxygens (including phenoxy) is 3. The lowest BCUT2D eigenvalue weighted by Gasteiger charge is -2.29. The van der Waals surface area contributed by atoms with Crippen LogP contribution in [-0.2, 0) is 27.8 Å². The summed E-state index contributed by atoms with van der Waals surface area (Å²) < 4.78 is 35.4. The summed E-state index contributed by atoms with van der Waals surface area (Å²) >= 11 is 0. The van der Waals surface area contributed by atoms with E-state index in [0.29, 0.717) is 13.2 Å². The highest BCUT2D eigenvalue weighted by Gasteiger charge is 2.38. The highest BCUT2D eigenvalue weighted by atomic mass is 31.2. The zero-order valence-corrected chi connectivity index (χ0v) is 18.1. The third-order valence-electron chi connectivity index (χ3n) is 4.32. The monoisotopic (exact) mass is 396 g/mol. The molecule has 148 valence electrons. The molecule has 2 rings (SSSR count). The number of methoxy groups -OCH3 is 1. The van der Waals surface area contributed by atoms with Crippen LogP contribution in [0.2, 0.25) is 0 Å². The van der Waals surface area contributed by atoms with Crippen molar-refractivity contribution < 1.29 is 27.8 Å². The molecule has 8 heteroatoms. The van der Waals surface area contributed by atoms with Crippen LogP contribution in [0.3, 0.4) is 0 Å². The van der Waals surface area contributed by atoms with E-state index in [9.17, 15) is 0 Å². The first-order valence-corrected chi connectivity index (χ1v) is 13.3. The Kier molecular flexibility index (Phi) is 8.38. The minimum Gasteiger partial charge on any atom is -0.382 e. The molecule has 7 atom stereocenters. The van der Waals surface area contributed by atoms with Crippen molar-refractivity contribution in [2.75, 3.05) is 40.3 Å². The van der Waals surface area contributed by atoms with Crippen molar-refractivity contribution in [3.05, 3.63) is 0 Å². The summed E-state index contributed by atoms with van der Waals surface area (Å²) in [6, 6.07) is 0. The van der Waals surface area contributed by atoms with Gasteiger partial charge in [-0.2, -0.15) is 0 Å². The summed E-state index contributed by atoms with van der Waals surface area (Å²) in [5, 5.41) is 0. The zero-order chi connectivity index (χ0) is 18.6. The van der Waals surface area contributed by atoms with Crippen molar-refractivity contribution in [3.8, 4) is 0 Å². The third kappa shape index (κ3) is 6.86. The summed E-state index contributed by atoms with van der Waals surface area (Å²) in [6.45, 7) is 11.3. The minimum absolute atomic E-state index is 0.0413. The molecule has 25 heavy (non-hydrogen) atoms. The Morgan fingerprint density at radius 1 is 1.04 bits per heavy atom. The quantitative estimate of drug-likeness (QED) is 0.557. The van der Waals surface area contributed by atoms with E-state index in [0.717, 1.165) is 12.8 Å². The molecule has 2 aliphatic heterocycles. The third-order valence-corrected chi connectivity index (χ3v) is 6.42. The normalized spacial score (nSPS) is 38.4. The van der Waals surface area contributed by atoms with Crippen molar-refractivity contribution in [3.63, 3.8) is 0 Å². The van der Waals surface area contributed by atoms with E-state index < -0.39 is 15.5 Å². The summed E-state index contributed by atoms with van der Waals surface area (Å²) in [4.78, 5) is 0. The number of rotatable bonds is 9. The second-order valence-electron chi connectivity index (χ2n) is 7.31. The highest BCUT2D eigenvalue weighted by Crippen LogP contribution is 2.48. The Hall–Kier alpha value is 0.490. The molecule has 0 N–H and O–H groups in total. The van der Waals surface area contributed by atoms with Crippen LogP contribution in [0.1, 0.15) is 26.7 Å². The molecular formula is C17H34O6P2. The summed E-state index contributed by atoms with van der Waals surface area (Å²) in [6.07, 6.45) is 6.22. The maximum atomic E-state index is 6.22. The Morgan fingerprint density at radius 3 is 2.16 bits per heavy atom. The summed E-state index contributed by atoms with van der Waals surface area (Å²) in [5.41, 5.74) is 0. The summed E-state index contributed by atoms with van der Waals surface area (Å²) in [7, 11) is -0.980. The van der Waals surface area contributed by atoms with E-state index in [1.54, 1.807) is 7.11 Å². The van der Waals surface area contributed by atoms with Crippen LogP contribution in [0.15, 0.2) is 0 Å². The molecule has 0 radical (unpaired) electrons. The van der Waals surface area contributed by atoms with Gasteiger partial charge in [0.2, 0.25) is 0 Å². The van der Waals surface area contributed by atoms with Crippen molar-refractivity contribution >= 4 is 21.8 Å². The lowest BCUT2D eigenvalue weighted by Crippen LogP contribution is -2.30. The lowest BCUT2D eigenvalue weighted by atomic mass is 10.1. The van der Waals surface area contributed by atoms with Gasteiger partial charge in [0.05, 0.1) is 37.6 Å². The van der Waals surface area contributed by atoms with Crippen LogP contribution in [0.25, 0.3) is 0 Å². The molecule has 2 fully saturated rings. The van der Waals surface area contributed by atoms with Gasteiger partial charge in [-0.1, -0.05) is 6.30 Å². The predicted octanol–water partition coefficient (Wildman–Crippen LogP) is 3.34. The Labute approximate surface area is 153 Å². The molecule has 6 nitrogen and oxygen atoms in total. The molecule has 0 spiro atoms. The fourth-order valence-corrected chi connectivity index (χ4v) is 5.42. The van der Waals surface area contributed by atoms with Gasteiger partial charge in [-0.3, -0.25) is 0 Å². The first kappa shape index (κ1) is 21.8. The number of hydrogen-bond donors (Lipinski definition) is 0. The van der Waals surface area contributed by atoms with Gasteiger partial charge >= 0.3 is 0 Å². The van der Waals surface area contributed by atoms with Crippen LogP contribution >= 0.6 is 15.5 Å². The van der Waals surface area contributed by atoms with Gasteiger partial charge in [-0.15, -0.1) is 0 Å². The van der Waals surface area contributed by atoms with Gasteiger partial charge in [-0.05, 0) is 27.2 Å². The zero-order valence-electron chi connectivity index (χ0n) is 16.3. The van der Waals surface area contributed by atoms with Crippen LogP contribution in [0, 0.1) is 0 Å². The molecule has 0 aliphatic carbocycles. The van der Waals surface area contributed by atoms with Gasteiger partial charge in [0.25, 0.3) is 0 Å². The molecule has 2 saturated heterocycles. The van der Waals surface area contributed by atoms with Gasteiger partial charge in [0.1, 0.15) is 19.5 Å². The topological polar surface area (TPSA) is 55.4 Å². The van der Waals surface area contributed by atoms with Crippen LogP contribution in [0.4, 0.5) is 0 Å². The Balaban J connectivity index is 1.86. The van der Waals surface area contributed by atoms with Crippen LogP contribution in [-0.4, -0.2) is 83.2 Å². The van der Waals surface area contributed by atoms with E-state index in [1.807, 2.05) is 6.66 Å². The van der Waals surface area contributed by atoms with E-state index in [2.05, 4.69) is 33.5 Å². The first-order chi connectivity index (χ1) is 11.7. The average Bonchev–Trinajstić information content (AvgIpc) is 2.99. The molecule has 3 unspecified atom stereocenters. The fourth-order valence-electron chi connectivity index (χ4n) is 3.34. The fraction of sp³-hybridized carbons (Fsp3) is 0.941. The second kappa shape index (κ2) is 9.61. The maximum absolute atomic E-state index is 6.22. The van der Waals surface area contributed by atoms with Crippen molar-refractivity contribution in [1.82, 2.24) is 0 Å². The molecule has 0 aromatic rings. The van der Waals surface area contributed by atoms with Crippen molar-refractivity contribution in [2.45, 2.75) is 63.3 Å². The van der Waals surface area contributed by atoms with E-state index >= 15 is 0 Å². The smallest absolute Gasteiger partial charge is 0.115 e. The van der Waals surface area contributed by atoms with Gasteiger partial charge in [0, 0.05) is 34.8 Å². The largest absolute Gasteiger partial charge is 0.382 e. The molecule has 0 aromatic carbocycles. The molecule has 0 bridgehead atoms. The molecule has 0 amide bonds. The Bertz CT molecular complexity index is 460. The summed E-state index contributed by atoms with van der Waals surface area (Å²) in [5.74, 6) is 0. The molecule has 0 aromatic heterocycles. The van der Waals surface area contributed by atoms with Gasteiger partial charge in [0.15, 0.2) is 0 Å². The Morgan fingerprint density at radius 2 is 1.60 bits per heavy atom. The molecule has 2 aliphatic rings. The van der Waals surface area contributed by atoms with Gasteiger partial charge < -0.3 is 27.8 Å². The van der Waals surface area contributed by atoms with Crippen LogP contribution < -0.4 is 0 Å².